The minimum absolute atomic E-state index is 0.193. The summed E-state index contributed by atoms with van der Waals surface area (Å²) in [6, 6.07) is 14.4. The second kappa shape index (κ2) is 9.91. The van der Waals surface area contributed by atoms with Gasteiger partial charge in [0.2, 0.25) is 15.9 Å². The van der Waals surface area contributed by atoms with E-state index in [-0.39, 0.29) is 17.8 Å². The molecule has 33 heavy (non-hydrogen) atoms. The van der Waals surface area contributed by atoms with Crippen LogP contribution in [-0.4, -0.2) is 32.5 Å². The summed E-state index contributed by atoms with van der Waals surface area (Å²) in [5.41, 5.74) is 2.56. The molecule has 0 aliphatic rings. The van der Waals surface area contributed by atoms with E-state index >= 15 is 0 Å². The molecule has 9 heteroatoms. The van der Waals surface area contributed by atoms with Gasteiger partial charge in [0, 0.05) is 0 Å². The summed E-state index contributed by atoms with van der Waals surface area (Å²) < 4.78 is 31.6. The van der Waals surface area contributed by atoms with Gasteiger partial charge < -0.3 is 15.1 Å². The van der Waals surface area contributed by atoms with E-state index in [0.29, 0.717) is 11.4 Å². The van der Waals surface area contributed by atoms with Gasteiger partial charge in [-0.05, 0) is 62.2 Å². The van der Waals surface area contributed by atoms with Crippen LogP contribution in [0.1, 0.15) is 34.2 Å². The Morgan fingerprint density at radius 2 is 1.79 bits per heavy atom. The first-order chi connectivity index (χ1) is 15.6. The van der Waals surface area contributed by atoms with Gasteiger partial charge in [0.15, 0.2) is 0 Å². The first-order valence-corrected chi connectivity index (χ1v) is 12.2. The largest absolute Gasteiger partial charge is 0.467 e. The van der Waals surface area contributed by atoms with E-state index in [9.17, 15) is 18.0 Å². The van der Waals surface area contributed by atoms with Gasteiger partial charge in [-0.2, -0.15) is 0 Å². The highest BCUT2D eigenvalue weighted by molar-refractivity contribution is 7.92. The number of nitrogens with zero attached hydrogens (tertiary/aromatic N) is 1. The van der Waals surface area contributed by atoms with Crippen molar-refractivity contribution in [2.75, 3.05) is 15.9 Å². The molecule has 0 aliphatic carbocycles. The van der Waals surface area contributed by atoms with E-state index in [2.05, 4.69) is 10.6 Å². The van der Waals surface area contributed by atoms with Crippen molar-refractivity contribution in [1.82, 2.24) is 5.32 Å². The number of rotatable bonds is 8. The Balaban J connectivity index is 1.84. The number of hydrogen-bond acceptors (Lipinski definition) is 5. The van der Waals surface area contributed by atoms with Crippen LogP contribution in [0, 0.1) is 13.8 Å². The molecule has 1 unspecified atom stereocenters. The van der Waals surface area contributed by atoms with E-state index in [1.54, 1.807) is 49.4 Å². The number of carbonyl (C=O) groups is 2. The second-order valence-electron chi connectivity index (χ2n) is 7.82. The molecular formula is C24H27N3O5S. The molecule has 0 fully saturated rings. The van der Waals surface area contributed by atoms with Crippen LogP contribution in [0.25, 0.3) is 0 Å². The molecule has 8 nitrogen and oxygen atoms in total. The number of nitrogens with one attached hydrogen (secondary N) is 2. The molecule has 0 aliphatic heterocycles. The minimum atomic E-state index is -3.77. The van der Waals surface area contributed by atoms with Crippen molar-refractivity contribution in [3.63, 3.8) is 0 Å². The fraction of sp³-hybridized carbons (Fsp3) is 0.250. The molecule has 2 N–H and O–H groups in total. The highest BCUT2D eigenvalue weighted by atomic mass is 32.2. The molecule has 0 bridgehead atoms. The zero-order valence-corrected chi connectivity index (χ0v) is 19.8. The lowest BCUT2D eigenvalue weighted by Gasteiger charge is -2.30. The standard InChI is InChI=1S/C24H27N3O5S/c1-16-11-12-17(2)22(14-16)27(33(4,30)31)18(3)23(28)26-21-10-6-5-9-20(21)24(29)25-15-19-8-7-13-32-19/h5-14,18H,15H2,1-4H3,(H,25,29)(H,26,28). The Morgan fingerprint density at radius 1 is 1.06 bits per heavy atom. The van der Waals surface area contributed by atoms with Crippen LogP contribution >= 0.6 is 0 Å². The quantitative estimate of drug-likeness (QED) is 0.524. The maximum atomic E-state index is 13.1. The average molecular weight is 470 g/mol. The highest BCUT2D eigenvalue weighted by Crippen LogP contribution is 2.27. The number of benzene rings is 2. The number of furan rings is 1. The Hall–Kier alpha value is -3.59. The first kappa shape index (κ1) is 24.1. The molecular weight excluding hydrogens is 442 g/mol. The molecule has 1 heterocycles. The van der Waals surface area contributed by atoms with Crippen LogP contribution in [-0.2, 0) is 21.4 Å². The van der Waals surface area contributed by atoms with Crippen molar-refractivity contribution in [2.24, 2.45) is 0 Å². The molecule has 1 atom stereocenters. The van der Waals surface area contributed by atoms with Crippen molar-refractivity contribution in [3.8, 4) is 0 Å². The number of hydrogen-bond donors (Lipinski definition) is 2. The molecule has 174 valence electrons. The van der Waals surface area contributed by atoms with Gasteiger partial charge in [-0.1, -0.05) is 24.3 Å². The summed E-state index contributed by atoms with van der Waals surface area (Å²) in [7, 11) is -3.77. The average Bonchev–Trinajstić information content (AvgIpc) is 3.27. The smallest absolute Gasteiger partial charge is 0.253 e. The van der Waals surface area contributed by atoms with Crippen molar-refractivity contribution in [1.29, 1.82) is 0 Å². The predicted octanol–water partition coefficient (Wildman–Crippen LogP) is 3.62. The summed E-state index contributed by atoms with van der Waals surface area (Å²) >= 11 is 0. The third-order valence-corrected chi connectivity index (χ3v) is 6.35. The topological polar surface area (TPSA) is 109 Å². The summed E-state index contributed by atoms with van der Waals surface area (Å²) in [6.07, 6.45) is 2.58. The van der Waals surface area contributed by atoms with E-state index in [0.717, 1.165) is 21.7 Å². The van der Waals surface area contributed by atoms with Gasteiger partial charge in [0.05, 0.1) is 36.0 Å². The van der Waals surface area contributed by atoms with Crippen LogP contribution in [0.3, 0.4) is 0 Å². The summed E-state index contributed by atoms with van der Waals surface area (Å²) in [6.45, 7) is 5.35. The SMILES string of the molecule is Cc1ccc(C)c(N(C(C)C(=O)Nc2ccccc2C(=O)NCc2ccco2)S(C)(=O)=O)c1. The maximum Gasteiger partial charge on any atom is 0.253 e. The number of sulfonamides is 1. The molecule has 1 aromatic heterocycles. The van der Waals surface area contributed by atoms with Gasteiger partial charge in [0.1, 0.15) is 11.8 Å². The van der Waals surface area contributed by atoms with Gasteiger partial charge in [-0.15, -0.1) is 0 Å². The van der Waals surface area contributed by atoms with Gasteiger partial charge in [0.25, 0.3) is 5.91 Å². The van der Waals surface area contributed by atoms with Crippen LogP contribution in [0.5, 0.6) is 0 Å². The lowest BCUT2D eigenvalue weighted by molar-refractivity contribution is -0.116. The van der Waals surface area contributed by atoms with Crippen LogP contribution < -0.4 is 14.9 Å². The molecule has 3 rings (SSSR count). The number of anilines is 2. The lowest BCUT2D eigenvalue weighted by atomic mass is 10.1. The van der Waals surface area contributed by atoms with Gasteiger partial charge in [-0.25, -0.2) is 8.42 Å². The number of para-hydroxylation sites is 1. The fourth-order valence-corrected chi connectivity index (χ4v) is 4.67. The number of aryl methyl sites for hydroxylation is 2. The van der Waals surface area contributed by atoms with Gasteiger partial charge >= 0.3 is 0 Å². The van der Waals surface area contributed by atoms with E-state index in [1.807, 2.05) is 19.1 Å². The monoisotopic (exact) mass is 469 g/mol. The highest BCUT2D eigenvalue weighted by Gasteiger charge is 2.30. The van der Waals surface area contributed by atoms with Crippen molar-refractivity contribution in [3.05, 3.63) is 83.3 Å². The van der Waals surface area contributed by atoms with Crippen molar-refractivity contribution in [2.45, 2.75) is 33.4 Å². The zero-order chi connectivity index (χ0) is 24.2. The predicted molar refractivity (Wildman–Crippen MR) is 128 cm³/mol. The fourth-order valence-electron chi connectivity index (χ4n) is 3.44. The maximum absolute atomic E-state index is 13.1. The van der Waals surface area contributed by atoms with E-state index in [1.165, 1.54) is 13.2 Å². The molecule has 0 radical (unpaired) electrons. The van der Waals surface area contributed by atoms with Crippen LogP contribution in [0.4, 0.5) is 11.4 Å². The molecule has 0 saturated carbocycles. The minimum Gasteiger partial charge on any atom is -0.467 e. The third-order valence-electron chi connectivity index (χ3n) is 5.12. The Bertz CT molecular complexity index is 1250. The number of carbonyl (C=O) groups excluding carboxylic acids is 2. The normalized spacial score (nSPS) is 12.1. The Morgan fingerprint density at radius 3 is 2.45 bits per heavy atom. The molecule has 0 saturated heterocycles. The van der Waals surface area contributed by atoms with Crippen molar-refractivity contribution < 1.29 is 22.4 Å². The lowest BCUT2D eigenvalue weighted by Crippen LogP contribution is -2.46. The summed E-state index contributed by atoms with van der Waals surface area (Å²) in [5, 5.41) is 5.45. The van der Waals surface area contributed by atoms with Crippen LogP contribution in [0.2, 0.25) is 0 Å². The van der Waals surface area contributed by atoms with Crippen molar-refractivity contribution >= 4 is 33.2 Å². The molecule has 3 aromatic rings. The zero-order valence-electron chi connectivity index (χ0n) is 19.0. The molecule has 0 spiro atoms. The second-order valence-corrected chi connectivity index (χ2v) is 9.68. The summed E-state index contributed by atoms with van der Waals surface area (Å²) in [5.74, 6) is -0.368. The van der Waals surface area contributed by atoms with E-state index < -0.39 is 27.9 Å². The Labute approximate surface area is 193 Å². The molecule has 2 aromatic carbocycles. The Kier molecular flexibility index (Phi) is 7.23. The van der Waals surface area contributed by atoms with Crippen LogP contribution in [0.15, 0.2) is 65.3 Å². The third kappa shape index (κ3) is 5.81. The number of amides is 2. The summed E-state index contributed by atoms with van der Waals surface area (Å²) in [4.78, 5) is 25.8. The van der Waals surface area contributed by atoms with E-state index in [4.69, 9.17) is 4.42 Å². The van der Waals surface area contributed by atoms with Gasteiger partial charge in [-0.3, -0.25) is 13.9 Å². The molecule has 2 amide bonds. The first-order valence-electron chi connectivity index (χ1n) is 10.3.